The van der Waals surface area contributed by atoms with E-state index in [0.29, 0.717) is 5.25 Å². The van der Waals surface area contributed by atoms with Gasteiger partial charge in [-0.2, -0.15) is 11.8 Å². The highest BCUT2D eigenvalue weighted by Gasteiger charge is 2.36. The van der Waals surface area contributed by atoms with Gasteiger partial charge in [-0.15, -0.1) is 0 Å². The van der Waals surface area contributed by atoms with Gasteiger partial charge in [0.05, 0.1) is 0 Å². The Morgan fingerprint density at radius 2 is 2.16 bits per heavy atom. The molecule has 3 nitrogen and oxygen atoms in total. The molecule has 0 radical (unpaired) electrons. The molecule has 1 saturated heterocycles. The van der Waals surface area contributed by atoms with Crippen LogP contribution < -0.4 is 5.73 Å². The van der Waals surface area contributed by atoms with Gasteiger partial charge in [0, 0.05) is 24.1 Å². The average molecular weight is 278 g/mol. The van der Waals surface area contributed by atoms with E-state index in [0.717, 1.165) is 30.8 Å². The Kier molecular flexibility index (Phi) is 4.53. The first-order valence-corrected chi connectivity index (χ1v) is 7.86. The number of hydrogen-bond acceptors (Lipinski definition) is 3. The second kappa shape index (κ2) is 5.97. The largest absolute Gasteiger partial charge is 0.339 e. The summed E-state index contributed by atoms with van der Waals surface area (Å²) in [5.41, 5.74) is 6.25. The van der Waals surface area contributed by atoms with Crippen molar-refractivity contribution in [1.29, 1.82) is 0 Å². The van der Waals surface area contributed by atoms with E-state index in [-0.39, 0.29) is 5.91 Å². The van der Waals surface area contributed by atoms with Crippen molar-refractivity contribution < 1.29 is 4.79 Å². The zero-order valence-electron chi connectivity index (χ0n) is 11.6. The van der Waals surface area contributed by atoms with Crippen molar-refractivity contribution >= 4 is 17.7 Å². The predicted molar refractivity (Wildman–Crippen MR) is 81.1 cm³/mol. The lowest BCUT2D eigenvalue weighted by Gasteiger charge is -2.37. The van der Waals surface area contributed by atoms with Gasteiger partial charge in [0.2, 0.25) is 5.91 Å². The summed E-state index contributed by atoms with van der Waals surface area (Å²) in [6.45, 7) is 5.61. The van der Waals surface area contributed by atoms with E-state index in [4.69, 9.17) is 5.73 Å². The lowest BCUT2D eigenvalue weighted by Crippen LogP contribution is -2.54. The summed E-state index contributed by atoms with van der Waals surface area (Å²) in [6.07, 6.45) is 1.10. The predicted octanol–water partition coefficient (Wildman–Crippen LogP) is 2.21. The highest BCUT2D eigenvalue weighted by atomic mass is 32.2. The van der Waals surface area contributed by atoms with E-state index in [9.17, 15) is 4.79 Å². The van der Waals surface area contributed by atoms with Crippen LogP contribution in [0.2, 0.25) is 0 Å². The Morgan fingerprint density at radius 1 is 1.47 bits per heavy atom. The monoisotopic (exact) mass is 278 g/mol. The minimum Gasteiger partial charge on any atom is -0.339 e. The van der Waals surface area contributed by atoms with Gasteiger partial charge in [0.15, 0.2) is 0 Å². The van der Waals surface area contributed by atoms with E-state index >= 15 is 0 Å². The number of amides is 1. The first-order chi connectivity index (χ1) is 9.05. The van der Waals surface area contributed by atoms with Crippen molar-refractivity contribution in [2.75, 3.05) is 18.8 Å². The molecular formula is C15H22N2OS. The molecule has 4 heteroatoms. The van der Waals surface area contributed by atoms with Crippen molar-refractivity contribution in [3.05, 3.63) is 35.9 Å². The lowest BCUT2D eigenvalue weighted by molar-refractivity contribution is -0.136. The van der Waals surface area contributed by atoms with Gasteiger partial charge < -0.3 is 10.6 Å². The van der Waals surface area contributed by atoms with Gasteiger partial charge in [0.25, 0.3) is 0 Å². The third-order valence-electron chi connectivity index (χ3n) is 3.70. The van der Waals surface area contributed by atoms with Crippen molar-refractivity contribution in [2.45, 2.75) is 31.1 Å². The Labute approximate surface area is 119 Å². The molecule has 2 rings (SSSR count). The Bertz CT molecular complexity index is 433. The number of benzene rings is 1. The number of carbonyl (C=O) groups excluding carboxylic acids is 1. The molecule has 0 bridgehead atoms. The molecule has 1 aliphatic heterocycles. The number of nitrogens with zero attached hydrogens (tertiary/aromatic N) is 1. The molecule has 19 heavy (non-hydrogen) atoms. The Hall–Kier alpha value is -1.00. The maximum absolute atomic E-state index is 12.7. The highest BCUT2D eigenvalue weighted by molar-refractivity contribution is 8.00. The first-order valence-electron chi connectivity index (χ1n) is 6.81. The fourth-order valence-electron chi connectivity index (χ4n) is 2.39. The fourth-order valence-corrected chi connectivity index (χ4v) is 3.57. The molecule has 1 heterocycles. The molecule has 2 atom stereocenters. The van der Waals surface area contributed by atoms with Crippen LogP contribution in [0.3, 0.4) is 0 Å². The Morgan fingerprint density at radius 3 is 2.79 bits per heavy atom. The topological polar surface area (TPSA) is 46.3 Å². The molecule has 2 unspecified atom stereocenters. The normalized spacial score (nSPS) is 22.9. The van der Waals surface area contributed by atoms with Gasteiger partial charge in [-0.3, -0.25) is 4.79 Å². The van der Waals surface area contributed by atoms with E-state index in [1.807, 2.05) is 53.9 Å². The summed E-state index contributed by atoms with van der Waals surface area (Å²) in [7, 11) is 0. The van der Waals surface area contributed by atoms with Crippen LogP contribution in [0.1, 0.15) is 25.8 Å². The fraction of sp³-hybridized carbons (Fsp3) is 0.533. The molecule has 0 aromatic heterocycles. The quantitative estimate of drug-likeness (QED) is 0.922. The summed E-state index contributed by atoms with van der Waals surface area (Å²) < 4.78 is 0. The third kappa shape index (κ3) is 3.12. The summed E-state index contributed by atoms with van der Waals surface area (Å²) >= 11 is 1.96. The van der Waals surface area contributed by atoms with Gasteiger partial charge in [-0.1, -0.05) is 37.3 Å². The van der Waals surface area contributed by atoms with Crippen LogP contribution in [-0.2, 0) is 10.3 Å². The summed E-state index contributed by atoms with van der Waals surface area (Å²) in [5, 5.41) is 0.546. The zero-order valence-corrected chi connectivity index (χ0v) is 12.5. The second-order valence-electron chi connectivity index (χ2n) is 5.22. The van der Waals surface area contributed by atoms with Crippen LogP contribution in [0, 0.1) is 0 Å². The van der Waals surface area contributed by atoms with Crippen molar-refractivity contribution in [2.24, 2.45) is 5.73 Å². The molecule has 104 valence electrons. The van der Waals surface area contributed by atoms with Crippen LogP contribution in [-0.4, -0.2) is 34.9 Å². The molecule has 1 aliphatic rings. The minimum atomic E-state index is -0.929. The second-order valence-corrected chi connectivity index (χ2v) is 6.63. The molecule has 1 amide bonds. The molecule has 0 aliphatic carbocycles. The van der Waals surface area contributed by atoms with E-state index in [2.05, 4.69) is 6.92 Å². The van der Waals surface area contributed by atoms with E-state index < -0.39 is 5.54 Å². The minimum absolute atomic E-state index is 0.0393. The first kappa shape index (κ1) is 14.4. The molecule has 0 spiro atoms. The molecule has 1 aromatic carbocycles. The van der Waals surface area contributed by atoms with Crippen LogP contribution in [0.25, 0.3) is 0 Å². The van der Waals surface area contributed by atoms with Gasteiger partial charge in [-0.05, 0) is 18.9 Å². The Balaban J connectivity index is 2.14. The van der Waals surface area contributed by atoms with Crippen LogP contribution >= 0.6 is 11.8 Å². The maximum atomic E-state index is 12.7. The number of thioether (sulfide) groups is 1. The van der Waals surface area contributed by atoms with Crippen LogP contribution in [0.5, 0.6) is 0 Å². The third-order valence-corrected chi connectivity index (χ3v) is 5.07. The van der Waals surface area contributed by atoms with Gasteiger partial charge >= 0.3 is 0 Å². The van der Waals surface area contributed by atoms with Crippen molar-refractivity contribution in [3.8, 4) is 0 Å². The SMILES string of the molecule is CCC1CN(C(=O)C(C)(N)c2ccccc2)CCS1. The number of nitrogens with two attached hydrogens (primary N) is 1. The van der Waals surface area contributed by atoms with E-state index in [1.54, 1.807) is 0 Å². The van der Waals surface area contributed by atoms with Crippen LogP contribution in [0.4, 0.5) is 0 Å². The molecule has 0 saturated carbocycles. The summed E-state index contributed by atoms with van der Waals surface area (Å²) in [6, 6.07) is 9.64. The molecule has 1 aromatic rings. The zero-order chi connectivity index (χ0) is 13.9. The van der Waals surface area contributed by atoms with Gasteiger partial charge in [-0.25, -0.2) is 0 Å². The van der Waals surface area contributed by atoms with Gasteiger partial charge in [0.1, 0.15) is 5.54 Å². The number of hydrogen-bond donors (Lipinski definition) is 1. The standard InChI is InChI=1S/C15H22N2OS/c1-3-13-11-17(9-10-19-13)14(18)15(2,16)12-7-5-4-6-8-12/h4-8,13H,3,9-11,16H2,1-2H3. The van der Waals surface area contributed by atoms with E-state index in [1.165, 1.54) is 0 Å². The average Bonchev–Trinajstić information content (AvgIpc) is 2.47. The molecular weight excluding hydrogens is 256 g/mol. The molecule has 2 N–H and O–H groups in total. The van der Waals surface area contributed by atoms with Crippen LogP contribution in [0.15, 0.2) is 30.3 Å². The highest BCUT2D eigenvalue weighted by Crippen LogP contribution is 2.26. The smallest absolute Gasteiger partial charge is 0.247 e. The summed E-state index contributed by atoms with van der Waals surface area (Å²) in [4.78, 5) is 14.6. The maximum Gasteiger partial charge on any atom is 0.247 e. The molecule has 1 fully saturated rings. The number of carbonyl (C=O) groups is 1. The van der Waals surface area contributed by atoms with Crippen molar-refractivity contribution in [3.63, 3.8) is 0 Å². The van der Waals surface area contributed by atoms with Crippen molar-refractivity contribution in [1.82, 2.24) is 4.90 Å². The lowest BCUT2D eigenvalue weighted by atomic mass is 9.91. The summed E-state index contributed by atoms with van der Waals surface area (Å²) in [5.74, 6) is 1.05. The number of rotatable bonds is 3.